The van der Waals surface area contributed by atoms with Crippen LogP contribution in [0.3, 0.4) is 0 Å². The zero-order chi connectivity index (χ0) is 20.3. The molecule has 1 saturated carbocycles. The summed E-state index contributed by atoms with van der Waals surface area (Å²) in [4.78, 5) is 29.5. The van der Waals surface area contributed by atoms with Crippen LogP contribution in [0.2, 0.25) is 0 Å². The number of aryl methyl sites for hydroxylation is 1. The van der Waals surface area contributed by atoms with Gasteiger partial charge in [-0.3, -0.25) is 14.6 Å². The van der Waals surface area contributed by atoms with Gasteiger partial charge in [-0.05, 0) is 49.1 Å². The molecule has 1 aliphatic carbocycles. The van der Waals surface area contributed by atoms with E-state index in [-0.39, 0.29) is 17.2 Å². The van der Waals surface area contributed by atoms with E-state index in [0.717, 1.165) is 18.4 Å². The summed E-state index contributed by atoms with van der Waals surface area (Å²) in [5, 5.41) is 5.97. The summed E-state index contributed by atoms with van der Waals surface area (Å²) in [5.74, 6) is -0.445. The molecule has 0 bridgehead atoms. The zero-order valence-corrected chi connectivity index (χ0v) is 16.3. The maximum atomic E-state index is 13.0. The second-order valence-corrected chi connectivity index (χ2v) is 7.52. The van der Waals surface area contributed by atoms with Gasteiger partial charge in [-0.25, -0.2) is 0 Å². The van der Waals surface area contributed by atoms with E-state index in [9.17, 15) is 9.59 Å². The Balaban J connectivity index is 1.51. The fourth-order valence-corrected chi connectivity index (χ4v) is 3.57. The van der Waals surface area contributed by atoms with E-state index in [4.69, 9.17) is 0 Å². The lowest BCUT2D eigenvalue weighted by Crippen LogP contribution is -2.33. The van der Waals surface area contributed by atoms with Gasteiger partial charge in [-0.1, -0.05) is 42.5 Å². The van der Waals surface area contributed by atoms with Crippen LogP contribution < -0.4 is 10.6 Å². The normalized spacial score (nSPS) is 14.1. The zero-order valence-electron chi connectivity index (χ0n) is 16.3. The van der Waals surface area contributed by atoms with Gasteiger partial charge in [0.05, 0.1) is 11.3 Å². The molecule has 0 radical (unpaired) electrons. The van der Waals surface area contributed by atoms with E-state index in [1.165, 1.54) is 5.56 Å². The van der Waals surface area contributed by atoms with Crippen LogP contribution in [0.25, 0.3) is 0 Å². The lowest BCUT2D eigenvalue weighted by Gasteiger charge is -2.18. The molecule has 0 spiro atoms. The fraction of sp³-hybridized carbons (Fsp3) is 0.208. The van der Waals surface area contributed by atoms with Crippen molar-refractivity contribution < 1.29 is 9.59 Å². The van der Waals surface area contributed by atoms with Crippen molar-refractivity contribution in [2.45, 2.75) is 25.2 Å². The first-order valence-electron chi connectivity index (χ1n) is 9.74. The van der Waals surface area contributed by atoms with Crippen LogP contribution in [0.1, 0.15) is 44.7 Å². The van der Waals surface area contributed by atoms with E-state index in [1.54, 1.807) is 30.6 Å². The van der Waals surface area contributed by atoms with Crippen LogP contribution >= 0.6 is 0 Å². The molecule has 1 heterocycles. The third-order valence-corrected chi connectivity index (χ3v) is 5.53. The summed E-state index contributed by atoms with van der Waals surface area (Å²) < 4.78 is 0. The monoisotopic (exact) mass is 385 g/mol. The highest BCUT2D eigenvalue weighted by molar-refractivity contribution is 6.09. The Morgan fingerprint density at radius 3 is 2.34 bits per heavy atom. The van der Waals surface area contributed by atoms with Gasteiger partial charge in [0.15, 0.2) is 0 Å². The van der Waals surface area contributed by atoms with Crippen LogP contribution in [0.15, 0.2) is 73.1 Å². The minimum Gasteiger partial charge on any atom is -0.351 e. The third kappa shape index (κ3) is 4.04. The molecule has 4 rings (SSSR count). The quantitative estimate of drug-likeness (QED) is 0.671. The Hall–Kier alpha value is -3.47. The molecule has 0 aliphatic heterocycles. The number of carbonyl (C=O) groups excluding carboxylic acids is 2. The molecule has 0 saturated heterocycles. The maximum Gasteiger partial charge on any atom is 0.255 e. The van der Waals surface area contributed by atoms with E-state index in [1.807, 2.05) is 37.3 Å². The fourth-order valence-electron chi connectivity index (χ4n) is 3.57. The van der Waals surface area contributed by atoms with Crippen molar-refractivity contribution in [2.75, 3.05) is 11.9 Å². The molecule has 0 unspecified atom stereocenters. The number of carbonyl (C=O) groups is 2. The number of benzene rings is 2. The van der Waals surface area contributed by atoms with Gasteiger partial charge in [0.25, 0.3) is 11.8 Å². The number of hydrogen-bond donors (Lipinski definition) is 2. The molecule has 2 N–H and O–H groups in total. The predicted molar refractivity (Wildman–Crippen MR) is 113 cm³/mol. The van der Waals surface area contributed by atoms with Crippen LogP contribution in [0.5, 0.6) is 0 Å². The number of hydrogen-bond acceptors (Lipinski definition) is 3. The number of pyridine rings is 1. The number of nitrogens with zero attached hydrogens (tertiary/aromatic N) is 1. The maximum absolute atomic E-state index is 13.0. The molecule has 5 nitrogen and oxygen atoms in total. The largest absolute Gasteiger partial charge is 0.351 e. The van der Waals surface area contributed by atoms with Crippen LogP contribution in [-0.4, -0.2) is 23.3 Å². The summed E-state index contributed by atoms with van der Waals surface area (Å²) in [7, 11) is 0. The predicted octanol–water partition coefficient (Wildman–Crippen LogP) is 4.10. The smallest absolute Gasteiger partial charge is 0.255 e. The first-order valence-corrected chi connectivity index (χ1v) is 9.74. The lowest BCUT2D eigenvalue weighted by molar-refractivity contribution is 0.0950. The van der Waals surface area contributed by atoms with Gasteiger partial charge in [0.2, 0.25) is 0 Å². The highest BCUT2D eigenvalue weighted by Gasteiger charge is 2.44. The minimum atomic E-state index is -0.265. The third-order valence-electron chi connectivity index (χ3n) is 5.53. The van der Waals surface area contributed by atoms with E-state index < -0.39 is 0 Å². The number of amides is 2. The van der Waals surface area contributed by atoms with Gasteiger partial charge < -0.3 is 10.6 Å². The standard InChI is InChI=1S/C24H23N3O2/c1-17-6-5-9-20(21(17)27-22(28)18-10-14-25-15-11-18)23(29)26-16-24(12-13-24)19-7-3-2-4-8-19/h2-11,14-15H,12-13,16H2,1H3,(H,26,29)(H,27,28). The molecular weight excluding hydrogens is 362 g/mol. The Kier molecular flexibility index (Phi) is 5.12. The summed E-state index contributed by atoms with van der Waals surface area (Å²) in [5.41, 5.74) is 3.63. The second kappa shape index (κ2) is 7.87. The molecule has 0 atom stereocenters. The molecule has 1 aromatic heterocycles. The number of para-hydroxylation sites is 1. The minimum absolute atomic E-state index is 0.0290. The molecular formula is C24H23N3O2. The van der Waals surface area contributed by atoms with E-state index in [0.29, 0.717) is 23.4 Å². The number of nitrogens with one attached hydrogen (secondary N) is 2. The van der Waals surface area contributed by atoms with Crippen molar-refractivity contribution in [3.63, 3.8) is 0 Å². The summed E-state index contributed by atoms with van der Waals surface area (Å²) >= 11 is 0. The van der Waals surface area contributed by atoms with Gasteiger partial charge in [-0.15, -0.1) is 0 Å². The van der Waals surface area contributed by atoms with Crippen molar-refractivity contribution >= 4 is 17.5 Å². The van der Waals surface area contributed by atoms with Crippen LogP contribution in [0, 0.1) is 6.92 Å². The number of aromatic nitrogens is 1. The first-order chi connectivity index (χ1) is 14.1. The SMILES string of the molecule is Cc1cccc(C(=O)NCC2(c3ccccc3)CC2)c1NC(=O)c1ccncc1. The second-order valence-electron chi connectivity index (χ2n) is 7.52. The van der Waals surface area contributed by atoms with Crippen molar-refractivity contribution in [2.24, 2.45) is 0 Å². The summed E-state index contributed by atoms with van der Waals surface area (Å²) in [6.45, 7) is 2.47. The van der Waals surface area contributed by atoms with E-state index in [2.05, 4.69) is 27.8 Å². The van der Waals surface area contributed by atoms with Crippen molar-refractivity contribution in [1.29, 1.82) is 0 Å². The van der Waals surface area contributed by atoms with Crippen molar-refractivity contribution in [3.05, 3.63) is 95.3 Å². The van der Waals surface area contributed by atoms with Gasteiger partial charge in [0.1, 0.15) is 0 Å². The van der Waals surface area contributed by atoms with Gasteiger partial charge >= 0.3 is 0 Å². The van der Waals surface area contributed by atoms with Crippen molar-refractivity contribution in [1.82, 2.24) is 10.3 Å². The Morgan fingerprint density at radius 1 is 0.931 bits per heavy atom. The molecule has 5 heteroatoms. The lowest BCUT2D eigenvalue weighted by atomic mass is 9.96. The number of anilines is 1. The molecule has 146 valence electrons. The van der Waals surface area contributed by atoms with Crippen molar-refractivity contribution in [3.8, 4) is 0 Å². The highest BCUT2D eigenvalue weighted by Crippen LogP contribution is 2.47. The first kappa shape index (κ1) is 18.9. The topological polar surface area (TPSA) is 71.1 Å². The summed E-state index contributed by atoms with van der Waals surface area (Å²) in [6, 6.07) is 19.0. The average Bonchev–Trinajstić information content (AvgIpc) is 3.56. The molecule has 2 amide bonds. The number of rotatable bonds is 6. The molecule has 2 aromatic carbocycles. The molecule has 1 aliphatic rings. The van der Waals surface area contributed by atoms with Gasteiger partial charge in [0, 0.05) is 29.9 Å². The Bertz CT molecular complexity index is 1030. The van der Waals surface area contributed by atoms with Gasteiger partial charge in [-0.2, -0.15) is 0 Å². The highest BCUT2D eigenvalue weighted by atomic mass is 16.2. The average molecular weight is 385 g/mol. The van der Waals surface area contributed by atoms with Crippen LogP contribution in [0.4, 0.5) is 5.69 Å². The van der Waals surface area contributed by atoms with E-state index >= 15 is 0 Å². The Morgan fingerprint density at radius 2 is 1.66 bits per heavy atom. The summed E-state index contributed by atoms with van der Waals surface area (Å²) in [6.07, 6.45) is 5.27. The molecule has 3 aromatic rings. The Labute approximate surface area is 170 Å². The molecule has 29 heavy (non-hydrogen) atoms. The molecule has 1 fully saturated rings. The van der Waals surface area contributed by atoms with Crippen LogP contribution in [-0.2, 0) is 5.41 Å².